The normalized spacial score (nSPS) is 19.9. The summed E-state index contributed by atoms with van der Waals surface area (Å²) in [5.74, 6) is -0.123. The van der Waals surface area contributed by atoms with Gasteiger partial charge in [-0.15, -0.1) is 11.3 Å². The quantitative estimate of drug-likeness (QED) is 0.800. The van der Waals surface area contributed by atoms with Crippen LogP contribution in [-0.2, 0) is 20.7 Å². The summed E-state index contributed by atoms with van der Waals surface area (Å²) in [4.78, 5) is 16.3. The van der Waals surface area contributed by atoms with E-state index in [0.717, 1.165) is 15.4 Å². The average molecular weight is 338 g/mol. The van der Waals surface area contributed by atoms with Crippen LogP contribution in [0.1, 0.15) is 44.5 Å². The first-order valence-corrected chi connectivity index (χ1v) is 8.32. The topological polar surface area (TPSA) is 80.7 Å². The molecule has 0 bridgehead atoms. The van der Waals surface area contributed by atoms with Crippen LogP contribution in [0.4, 0.5) is 0 Å². The Kier molecular flexibility index (Phi) is 5.30. The molecular formula is C15H23BN2O4S. The van der Waals surface area contributed by atoms with Gasteiger partial charge in [-0.3, -0.25) is 4.79 Å². The van der Waals surface area contributed by atoms with E-state index in [4.69, 9.17) is 14.4 Å². The fourth-order valence-electron chi connectivity index (χ4n) is 2.04. The third-order valence-corrected chi connectivity index (χ3v) is 5.06. The van der Waals surface area contributed by atoms with Gasteiger partial charge in [-0.1, -0.05) is 0 Å². The Morgan fingerprint density at radius 2 is 2.00 bits per heavy atom. The van der Waals surface area contributed by atoms with Crippen molar-refractivity contribution in [2.45, 2.75) is 52.4 Å². The minimum atomic E-state index is -0.548. The number of hydrogen-bond acceptors (Lipinski definition) is 6. The fraction of sp³-hybridized carbons (Fsp3) is 0.600. The predicted molar refractivity (Wildman–Crippen MR) is 90.8 cm³/mol. The van der Waals surface area contributed by atoms with E-state index in [1.54, 1.807) is 6.20 Å². The highest BCUT2D eigenvalue weighted by molar-refractivity contribution is 7.12. The average Bonchev–Trinajstić information content (AvgIpc) is 2.97. The molecule has 2 heterocycles. The molecule has 23 heavy (non-hydrogen) atoms. The van der Waals surface area contributed by atoms with Crippen molar-refractivity contribution in [3.05, 3.63) is 21.6 Å². The van der Waals surface area contributed by atoms with E-state index in [2.05, 4.69) is 10.3 Å². The van der Waals surface area contributed by atoms with Crippen molar-refractivity contribution in [3.63, 3.8) is 0 Å². The summed E-state index contributed by atoms with van der Waals surface area (Å²) in [6.45, 7) is 9.68. The SMILES string of the molecule is CC(=O)NCC(=Cc1ncc(CO)s1)B1OC(C)(C)C(C)(C)O1. The Bertz CT molecular complexity index is 596. The van der Waals surface area contributed by atoms with Gasteiger partial charge in [0.2, 0.25) is 5.91 Å². The number of aromatic nitrogens is 1. The molecule has 126 valence electrons. The van der Waals surface area contributed by atoms with E-state index in [1.807, 2.05) is 33.8 Å². The highest BCUT2D eigenvalue weighted by Gasteiger charge is 2.52. The molecule has 2 N–H and O–H groups in total. The highest BCUT2D eigenvalue weighted by atomic mass is 32.1. The van der Waals surface area contributed by atoms with E-state index in [-0.39, 0.29) is 12.5 Å². The molecule has 0 unspecified atom stereocenters. The van der Waals surface area contributed by atoms with E-state index < -0.39 is 18.3 Å². The van der Waals surface area contributed by atoms with Crippen molar-refractivity contribution in [2.75, 3.05) is 6.54 Å². The Labute approximate surface area is 141 Å². The Morgan fingerprint density at radius 1 is 1.39 bits per heavy atom. The van der Waals surface area contributed by atoms with Crippen LogP contribution in [0, 0.1) is 0 Å². The zero-order chi connectivity index (χ0) is 17.3. The summed E-state index contributed by atoms with van der Waals surface area (Å²) in [7, 11) is -0.548. The minimum Gasteiger partial charge on any atom is -0.400 e. The van der Waals surface area contributed by atoms with Crippen molar-refractivity contribution in [3.8, 4) is 0 Å². The molecule has 0 radical (unpaired) electrons. The van der Waals surface area contributed by atoms with Crippen LogP contribution in [0.3, 0.4) is 0 Å². The van der Waals surface area contributed by atoms with Gasteiger partial charge >= 0.3 is 7.12 Å². The van der Waals surface area contributed by atoms with Crippen LogP contribution < -0.4 is 5.32 Å². The molecule has 1 aliphatic rings. The van der Waals surface area contributed by atoms with Crippen LogP contribution in [0.25, 0.3) is 6.08 Å². The number of rotatable bonds is 5. The van der Waals surface area contributed by atoms with Crippen LogP contribution in [0.15, 0.2) is 11.7 Å². The van der Waals surface area contributed by atoms with Crippen molar-refractivity contribution < 1.29 is 19.2 Å². The molecule has 0 spiro atoms. The number of amides is 1. The Balaban J connectivity index is 2.26. The molecule has 0 aromatic carbocycles. The van der Waals surface area contributed by atoms with Crippen molar-refractivity contribution in [1.29, 1.82) is 0 Å². The van der Waals surface area contributed by atoms with Crippen LogP contribution in [-0.4, -0.2) is 40.9 Å². The minimum absolute atomic E-state index is 0.0387. The molecular weight excluding hydrogens is 315 g/mol. The molecule has 8 heteroatoms. The monoisotopic (exact) mass is 338 g/mol. The Morgan fingerprint density at radius 3 is 2.48 bits per heavy atom. The standard InChI is InChI=1S/C15H23BN2O4S/c1-10(20)17-7-11(6-13-18-8-12(9-19)23-13)16-21-14(2,3)15(4,5)22-16/h6,8,19H,7,9H2,1-5H3,(H,17,20). The zero-order valence-corrected chi connectivity index (χ0v) is 15.0. The van der Waals surface area contributed by atoms with Crippen LogP contribution in [0.5, 0.6) is 0 Å². The maximum atomic E-state index is 11.3. The third-order valence-electron chi connectivity index (χ3n) is 4.13. The van der Waals surface area contributed by atoms with Crippen LogP contribution >= 0.6 is 11.3 Å². The maximum Gasteiger partial charge on any atom is 0.492 e. The molecule has 1 aromatic rings. The summed E-state index contributed by atoms with van der Waals surface area (Å²) in [6, 6.07) is 0. The van der Waals surface area contributed by atoms with E-state index in [9.17, 15) is 4.79 Å². The summed E-state index contributed by atoms with van der Waals surface area (Å²) in [5.41, 5.74) is -0.115. The number of hydrogen-bond donors (Lipinski definition) is 2. The lowest BCUT2D eigenvalue weighted by Crippen LogP contribution is -2.41. The molecule has 0 aliphatic carbocycles. The predicted octanol–water partition coefficient (Wildman–Crippen LogP) is 1.79. The molecule has 0 saturated carbocycles. The van der Waals surface area contributed by atoms with E-state index >= 15 is 0 Å². The Hall–Kier alpha value is -1.22. The summed E-state index contributed by atoms with van der Waals surface area (Å²) < 4.78 is 12.1. The summed E-state index contributed by atoms with van der Waals surface area (Å²) >= 11 is 1.39. The third kappa shape index (κ3) is 4.20. The summed E-state index contributed by atoms with van der Waals surface area (Å²) in [6.07, 6.45) is 3.48. The first-order valence-electron chi connectivity index (χ1n) is 7.51. The van der Waals surface area contributed by atoms with Gasteiger partial charge in [-0.25, -0.2) is 4.98 Å². The first-order chi connectivity index (χ1) is 10.6. The summed E-state index contributed by atoms with van der Waals surface area (Å²) in [5, 5.41) is 12.7. The number of nitrogens with one attached hydrogen (secondary N) is 1. The largest absolute Gasteiger partial charge is 0.492 e. The van der Waals surface area contributed by atoms with Crippen molar-refractivity contribution in [1.82, 2.24) is 10.3 Å². The smallest absolute Gasteiger partial charge is 0.400 e. The molecule has 1 aromatic heterocycles. The van der Waals surface area contributed by atoms with Gasteiger partial charge in [0, 0.05) is 19.7 Å². The fourth-order valence-corrected chi connectivity index (χ4v) is 2.80. The number of nitrogens with zero attached hydrogens (tertiary/aromatic N) is 1. The van der Waals surface area contributed by atoms with Gasteiger partial charge in [0.1, 0.15) is 5.01 Å². The van der Waals surface area contributed by atoms with Gasteiger partial charge in [0.25, 0.3) is 0 Å². The van der Waals surface area contributed by atoms with E-state index in [0.29, 0.717) is 6.54 Å². The second kappa shape index (κ2) is 6.72. The number of carbonyl (C=O) groups excluding carboxylic acids is 1. The lowest BCUT2D eigenvalue weighted by Gasteiger charge is -2.32. The van der Waals surface area contributed by atoms with Crippen molar-refractivity contribution >= 4 is 30.4 Å². The lowest BCUT2D eigenvalue weighted by atomic mass is 9.77. The number of aliphatic hydroxyl groups excluding tert-OH is 1. The molecule has 6 nitrogen and oxygen atoms in total. The number of thiazole rings is 1. The maximum absolute atomic E-state index is 11.3. The molecule has 0 atom stereocenters. The van der Waals surface area contributed by atoms with Gasteiger partial charge in [-0.2, -0.15) is 0 Å². The molecule has 1 amide bonds. The molecule has 1 saturated heterocycles. The lowest BCUT2D eigenvalue weighted by molar-refractivity contribution is -0.118. The molecule has 2 rings (SSSR count). The van der Waals surface area contributed by atoms with Gasteiger partial charge in [0.15, 0.2) is 0 Å². The number of aliphatic hydroxyl groups is 1. The number of carbonyl (C=O) groups is 1. The van der Waals surface area contributed by atoms with Gasteiger partial charge in [-0.05, 0) is 39.2 Å². The highest BCUT2D eigenvalue weighted by Crippen LogP contribution is 2.38. The second-order valence-corrected chi connectivity index (χ2v) is 7.69. The molecule has 1 aliphatic heterocycles. The van der Waals surface area contributed by atoms with Gasteiger partial charge in [0.05, 0.1) is 22.7 Å². The van der Waals surface area contributed by atoms with Crippen LogP contribution in [0.2, 0.25) is 0 Å². The molecule has 1 fully saturated rings. The zero-order valence-electron chi connectivity index (χ0n) is 14.2. The van der Waals surface area contributed by atoms with Gasteiger partial charge < -0.3 is 19.7 Å². The van der Waals surface area contributed by atoms with E-state index in [1.165, 1.54) is 18.3 Å². The van der Waals surface area contributed by atoms with Crippen molar-refractivity contribution in [2.24, 2.45) is 0 Å². The second-order valence-electron chi connectivity index (χ2n) is 6.54. The first kappa shape index (κ1) is 18.1.